The summed E-state index contributed by atoms with van der Waals surface area (Å²) in [5.74, 6) is 1.21. The number of likely N-dealkylation sites (tertiary alicyclic amines) is 1. The number of ether oxygens (including phenoxy) is 2. The topological polar surface area (TPSA) is 81.5 Å². The number of hydrogen-bond acceptors (Lipinski definition) is 6. The first-order valence-electron chi connectivity index (χ1n) is 10.1. The Hall–Kier alpha value is -3.13. The Kier molecular flexibility index (Phi) is 5.85. The first-order valence-corrected chi connectivity index (χ1v) is 10.1. The maximum absolute atomic E-state index is 12.6. The lowest BCUT2D eigenvalue weighted by Crippen LogP contribution is -2.39. The van der Waals surface area contributed by atoms with Crippen LogP contribution in [0, 0.1) is 6.92 Å². The van der Waals surface area contributed by atoms with E-state index in [-0.39, 0.29) is 5.91 Å². The second-order valence-corrected chi connectivity index (χ2v) is 7.65. The molecule has 0 bridgehead atoms. The normalized spacial score (nSPS) is 15.3. The van der Waals surface area contributed by atoms with E-state index in [9.17, 15) is 4.79 Å². The second-order valence-electron chi connectivity index (χ2n) is 7.65. The summed E-state index contributed by atoms with van der Waals surface area (Å²) >= 11 is 0. The molecular formula is C22H27N5O3. The van der Waals surface area contributed by atoms with Crippen LogP contribution >= 0.6 is 0 Å². The van der Waals surface area contributed by atoms with Gasteiger partial charge in [0.25, 0.3) is 0 Å². The summed E-state index contributed by atoms with van der Waals surface area (Å²) < 4.78 is 12.6. The first-order chi connectivity index (χ1) is 14.6. The van der Waals surface area contributed by atoms with Crippen molar-refractivity contribution in [1.82, 2.24) is 19.9 Å². The highest BCUT2D eigenvalue weighted by Gasteiger charge is 2.24. The number of amides is 1. The average Bonchev–Trinajstić information content (AvgIpc) is 3.17. The third kappa shape index (κ3) is 4.23. The molecule has 3 aromatic rings. The highest BCUT2D eigenvalue weighted by Crippen LogP contribution is 2.29. The molecule has 0 saturated carbocycles. The van der Waals surface area contributed by atoms with E-state index in [1.807, 2.05) is 4.68 Å². The molecule has 1 N–H and O–H groups in total. The van der Waals surface area contributed by atoms with Crippen LogP contribution in [0.25, 0.3) is 11.0 Å². The summed E-state index contributed by atoms with van der Waals surface area (Å²) in [6.07, 6.45) is 1.87. The SMILES string of the molecule is COc1ccc(OC)c(NC(=O)CN2CCC(n3nnc4cc(C)ccc43)CC2)c1. The largest absolute Gasteiger partial charge is 0.497 e. The Bertz CT molecular complexity index is 1040. The number of rotatable bonds is 6. The maximum Gasteiger partial charge on any atom is 0.238 e. The van der Waals surface area contributed by atoms with E-state index < -0.39 is 0 Å². The fourth-order valence-corrected chi connectivity index (χ4v) is 3.95. The Morgan fingerprint density at radius 1 is 1.13 bits per heavy atom. The van der Waals surface area contributed by atoms with Crippen LogP contribution in [0.1, 0.15) is 24.4 Å². The molecular weight excluding hydrogens is 382 g/mol. The Morgan fingerprint density at radius 3 is 2.67 bits per heavy atom. The van der Waals surface area contributed by atoms with Gasteiger partial charge in [0.05, 0.1) is 38.0 Å². The smallest absolute Gasteiger partial charge is 0.238 e. The number of methoxy groups -OCH3 is 2. The molecule has 1 saturated heterocycles. The summed E-state index contributed by atoms with van der Waals surface area (Å²) in [6.45, 7) is 4.06. The first kappa shape index (κ1) is 20.2. The van der Waals surface area contributed by atoms with Gasteiger partial charge in [-0.25, -0.2) is 4.68 Å². The van der Waals surface area contributed by atoms with Crippen LogP contribution in [-0.4, -0.2) is 59.7 Å². The van der Waals surface area contributed by atoms with E-state index in [1.165, 1.54) is 5.56 Å². The number of aryl methyl sites for hydroxylation is 1. The number of nitrogens with one attached hydrogen (secondary N) is 1. The zero-order valence-corrected chi connectivity index (χ0v) is 17.6. The Balaban J connectivity index is 1.35. The van der Waals surface area contributed by atoms with Crippen LogP contribution in [0.5, 0.6) is 11.5 Å². The molecule has 0 spiro atoms. The van der Waals surface area contributed by atoms with Gasteiger partial charge >= 0.3 is 0 Å². The third-order valence-corrected chi connectivity index (χ3v) is 5.58. The van der Waals surface area contributed by atoms with E-state index in [4.69, 9.17) is 9.47 Å². The van der Waals surface area contributed by atoms with Crippen molar-refractivity contribution in [2.75, 3.05) is 39.2 Å². The van der Waals surface area contributed by atoms with Crippen LogP contribution in [0.4, 0.5) is 5.69 Å². The molecule has 0 atom stereocenters. The zero-order chi connectivity index (χ0) is 21.1. The summed E-state index contributed by atoms with van der Waals surface area (Å²) in [5.41, 5.74) is 3.80. The van der Waals surface area contributed by atoms with Gasteiger partial charge in [0.15, 0.2) is 0 Å². The van der Waals surface area contributed by atoms with Gasteiger partial charge in [0, 0.05) is 19.2 Å². The molecule has 8 nitrogen and oxygen atoms in total. The number of benzene rings is 2. The summed E-state index contributed by atoms with van der Waals surface area (Å²) in [7, 11) is 3.18. The lowest BCUT2D eigenvalue weighted by molar-refractivity contribution is -0.117. The molecule has 1 fully saturated rings. The minimum absolute atomic E-state index is 0.0679. The van der Waals surface area contributed by atoms with E-state index in [1.54, 1.807) is 32.4 Å². The van der Waals surface area contributed by atoms with Crippen LogP contribution in [0.3, 0.4) is 0 Å². The van der Waals surface area contributed by atoms with Gasteiger partial charge in [-0.1, -0.05) is 11.3 Å². The highest BCUT2D eigenvalue weighted by molar-refractivity contribution is 5.94. The van der Waals surface area contributed by atoms with Gasteiger partial charge in [-0.2, -0.15) is 0 Å². The molecule has 1 aromatic heterocycles. The van der Waals surface area contributed by atoms with Crippen LogP contribution < -0.4 is 14.8 Å². The molecule has 1 aliphatic rings. The minimum Gasteiger partial charge on any atom is -0.497 e. The number of aromatic nitrogens is 3. The molecule has 4 rings (SSSR count). The highest BCUT2D eigenvalue weighted by atomic mass is 16.5. The quantitative estimate of drug-likeness (QED) is 0.674. The van der Waals surface area contributed by atoms with Crippen molar-refractivity contribution in [3.63, 3.8) is 0 Å². The number of fused-ring (bicyclic) bond motifs is 1. The van der Waals surface area contributed by atoms with Crippen molar-refractivity contribution in [3.8, 4) is 11.5 Å². The number of hydrogen-bond donors (Lipinski definition) is 1. The van der Waals surface area contributed by atoms with E-state index in [0.29, 0.717) is 29.8 Å². The molecule has 0 radical (unpaired) electrons. The van der Waals surface area contributed by atoms with Crippen molar-refractivity contribution >= 4 is 22.6 Å². The fourth-order valence-electron chi connectivity index (χ4n) is 3.95. The van der Waals surface area contributed by atoms with Gasteiger partial charge in [0.2, 0.25) is 5.91 Å². The Labute approximate surface area is 175 Å². The zero-order valence-electron chi connectivity index (χ0n) is 17.6. The van der Waals surface area contributed by atoms with E-state index >= 15 is 0 Å². The van der Waals surface area contributed by atoms with Gasteiger partial charge in [-0.05, 0) is 49.6 Å². The van der Waals surface area contributed by atoms with Crippen molar-refractivity contribution in [3.05, 3.63) is 42.0 Å². The van der Waals surface area contributed by atoms with E-state index in [0.717, 1.165) is 37.0 Å². The maximum atomic E-state index is 12.6. The van der Waals surface area contributed by atoms with Gasteiger partial charge < -0.3 is 14.8 Å². The third-order valence-electron chi connectivity index (χ3n) is 5.58. The minimum atomic E-state index is -0.0679. The molecule has 8 heteroatoms. The number of anilines is 1. The van der Waals surface area contributed by atoms with Gasteiger partial charge in [-0.3, -0.25) is 9.69 Å². The van der Waals surface area contributed by atoms with E-state index in [2.05, 4.69) is 45.7 Å². The molecule has 0 unspecified atom stereocenters. The monoisotopic (exact) mass is 409 g/mol. The summed E-state index contributed by atoms with van der Waals surface area (Å²) in [4.78, 5) is 14.8. The Morgan fingerprint density at radius 2 is 1.93 bits per heavy atom. The second kappa shape index (κ2) is 8.71. The summed E-state index contributed by atoms with van der Waals surface area (Å²) in [5, 5.41) is 11.6. The van der Waals surface area contributed by atoms with Crippen molar-refractivity contribution in [2.45, 2.75) is 25.8 Å². The summed E-state index contributed by atoms with van der Waals surface area (Å²) in [6, 6.07) is 11.9. The standard InChI is InChI=1S/C22H27N5O3/c1-15-4-6-20-18(12-15)24-25-27(20)16-8-10-26(11-9-16)14-22(28)23-19-13-17(29-2)5-7-21(19)30-3/h4-7,12-13,16H,8-11,14H2,1-3H3,(H,23,28). The lowest BCUT2D eigenvalue weighted by Gasteiger charge is -2.31. The number of nitrogens with zero attached hydrogens (tertiary/aromatic N) is 4. The molecule has 1 amide bonds. The van der Waals surface area contributed by atoms with Crippen molar-refractivity contribution < 1.29 is 14.3 Å². The molecule has 2 aromatic carbocycles. The number of carbonyl (C=O) groups is 1. The molecule has 2 heterocycles. The van der Waals surface area contributed by atoms with Gasteiger partial charge in [0.1, 0.15) is 17.0 Å². The van der Waals surface area contributed by atoms with Crippen LogP contribution in [0.15, 0.2) is 36.4 Å². The average molecular weight is 409 g/mol. The van der Waals surface area contributed by atoms with Gasteiger partial charge in [-0.15, -0.1) is 5.10 Å². The molecule has 30 heavy (non-hydrogen) atoms. The van der Waals surface area contributed by atoms with Crippen molar-refractivity contribution in [1.29, 1.82) is 0 Å². The molecule has 1 aliphatic heterocycles. The van der Waals surface area contributed by atoms with Crippen molar-refractivity contribution in [2.24, 2.45) is 0 Å². The predicted octanol–water partition coefficient (Wildman–Crippen LogP) is 3.03. The number of carbonyl (C=O) groups excluding carboxylic acids is 1. The molecule has 158 valence electrons. The lowest BCUT2D eigenvalue weighted by atomic mass is 10.0. The fraction of sp³-hybridized carbons (Fsp3) is 0.409. The molecule has 0 aliphatic carbocycles. The van der Waals surface area contributed by atoms with Crippen LogP contribution in [-0.2, 0) is 4.79 Å². The predicted molar refractivity (Wildman–Crippen MR) is 115 cm³/mol. The van der Waals surface area contributed by atoms with Crippen LogP contribution in [0.2, 0.25) is 0 Å². The number of piperidine rings is 1.